The molecular formula is C19H30N2O5S. The van der Waals surface area contributed by atoms with Crippen molar-refractivity contribution in [1.82, 2.24) is 4.98 Å². The Morgan fingerprint density at radius 3 is 2.81 bits per heavy atom. The number of hydrogen-bond donors (Lipinski definition) is 0. The van der Waals surface area contributed by atoms with Crippen molar-refractivity contribution in [2.45, 2.75) is 71.1 Å². The summed E-state index contributed by atoms with van der Waals surface area (Å²) in [5.74, 6) is -0.556. The van der Waals surface area contributed by atoms with Crippen LogP contribution in [0.25, 0.3) is 0 Å². The van der Waals surface area contributed by atoms with Crippen LogP contribution in [-0.4, -0.2) is 54.9 Å². The maximum atomic E-state index is 12.1. The zero-order valence-corrected chi connectivity index (χ0v) is 17.6. The summed E-state index contributed by atoms with van der Waals surface area (Å²) in [5.41, 5.74) is -0.518. The lowest BCUT2D eigenvalue weighted by Gasteiger charge is -2.26. The normalized spacial score (nSPS) is 18.4. The molecule has 2 rings (SSSR count). The van der Waals surface area contributed by atoms with Crippen molar-refractivity contribution < 1.29 is 23.8 Å². The summed E-state index contributed by atoms with van der Waals surface area (Å²) >= 11 is 1.59. The molecule has 1 fully saturated rings. The van der Waals surface area contributed by atoms with E-state index in [2.05, 4.69) is 14.6 Å². The van der Waals surface area contributed by atoms with Gasteiger partial charge in [0.1, 0.15) is 5.60 Å². The van der Waals surface area contributed by atoms with Gasteiger partial charge >= 0.3 is 11.9 Å². The van der Waals surface area contributed by atoms with Gasteiger partial charge in [-0.25, -0.2) is 9.78 Å². The summed E-state index contributed by atoms with van der Waals surface area (Å²) in [6, 6.07) is 0.189. The molecule has 8 heteroatoms. The summed E-state index contributed by atoms with van der Waals surface area (Å²) < 4.78 is 15.8. The number of ether oxygens (including phenoxy) is 3. The molecule has 1 aliphatic rings. The lowest BCUT2D eigenvalue weighted by Crippen LogP contribution is -2.37. The van der Waals surface area contributed by atoms with E-state index in [4.69, 9.17) is 9.47 Å². The third-order valence-corrected chi connectivity index (χ3v) is 5.34. The van der Waals surface area contributed by atoms with Crippen LogP contribution in [0, 0.1) is 0 Å². The fourth-order valence-electron chi connectivity index (χ4n) is 2.84. The largest absolute Gasteiger partial charge is 0.469 e. The number of methoxy groups -OCH3 is 1. The van der Waals surface area contributed by atoms with Gasteiger partial charge in [-0.2, -0.15) is 0 Å². The number of aryl methyl sites for hydroxylation is 1. The molecule has 27 heavy (non-hydrogen) atoms. The quantitative estimate of drug-likeness (QED) is 0.623. The monoisotopic (exact) mass is 398 g/mol. The molecule has 0 aliphatic carbocycles. The van der Waals surface area contributed by atoms with E-state index in [1.807, 2.05) is 27.0 Å². The SMILES string of the molecule is COC(=O)CCc1cnc(N2CCC[C@H]2COC(C)C(=O)OC(C)(C)C)s1. The maximum absolute atomic E-state index is 12.1. The van der Waals surface area contributed by atoms with E-state index in [1.54, 1.807) is 18.3 Å². The minimum Gasteiger partial charge on any atom is -0.469 e. The predicted molar refractivity (Wildman–Crippen MR) is 104 cm³/mol. The second-order valence-electron chi connectivity index (χ2n) is 7.68. The molecule has 152 valence electrons. The first kappa shape index (κ1) is 21.6. The van der Waals surface area contributed by atoms with Gasteiger partial charge in [0.2, 0.25) is 0 Å². The molecule has 2 heterocycles. The molecule has 1 aliphatic heterocycles. The molecule has 7 nitrogen and oxygen atoms in total. The van der Waals surface area contributed by atoms with Gasteiger partial charge in [-0.15, -0.1) is 11.3 Å². The lowest BCUT2D eigenvalue weighted by molar-refractivity contribution is -0.167. The van der Waals surface area contributed by atoms with Crippen LogP contribution in [0.3, 0.4) is 0 Å². The molecule has 2 atom stereocenters. The molecule has 0 saturated carbocycles. The number of nitrogens with zero attached hydrogens (tertiary/aromatic N) is 2. The Labute approximate surface area is 165 Å². The average Bonchev–Trinajstić information content (AvgIpc) is 3.24. The standard InChI is InChI=1S/C19H30N2O5S/c1-13(17(23)26-19(2,3)4)25-12-14-7-6-10-21(14)18-20-11-15(27-18)8-9-16(22)24-5/h11,13-14H,6-10,12H2,1-5H3/t13?,14-/m0/s1. The van der Waals surface area contributed by atoms with Gasteiger partial charge in [-0.3, -0.25) is 4.79 Å². The van der Waals surface area contributed by atoms with Crippen molar-refractivity contribution in [3.05, 3.63) is 11.1 Å². The predicted octanol–water partition coefficient (Wildman–Crippen LogP) is 2.96. The van der Waals surface area contributed by atoms with E-state index in [9.17, 15) is 9.59 Å². The van der Waals surface area contributed by atoms with Crippen molar-refractivity contribution in [3.63, 3.8) is 0 Å². The number of aromatic nitrogens is 1. The highest BCUT2D eigenvalue weighted by molar-refractivity contribution is 7.15. The Morgan fingerprint density at radius 1 is 1.41 bits per heavy atom. The molecule has 0 bridgehead atoms. The van der Waals surface area contributed by atoms with Crippen molar-refractivity contribution in [1.29, 1.82) is 0 Å². The molecule has 1 unspecified atom stereocenters. The van der Waals surface area contributed by atoms with Gasteiger partial charge in [-0.05, 0) is 47.0 Å². The average molecular weight is 399 g/mol. The van der Waals surface area contributed by atoms with Gasteiger partial charge in [-0.1, -0.05) is 0 Å². The van der Waals surface area contributed by atoms with E-state index < -0.39 is 11.7 Å². The number of carbonyl (C=O) groups excluding carboxylic acids is 2. The van der Waals surface area contributed by atoms with Gasteiger partial charge in [0.25, 0.3) is 0 Å². The third-order valence-electron chi connectivity index (χ3n) is 4.24. The molecule has 0 radical (unpaired) electrons. The number of anilines is 1. The van der Waals surface area contributed by atoms with Crippen LogP contribution >= 0.6 is 11.3 Å². The van der Waals surface area contributed by atoms with E-state index in [0.29, 0.717) is 19.4 Å². The van der Waals surface area contributed by atoms with E-state index in [1.165, 1.54) is 7.11 Å². The first-order chi connectivity index (χ1) is 12.7. The number of esters is 2. The smallest absolute Gasteiger partial charge is 0.335 e. The topological polar surface area (TPSA) is 78.0 Å². The fourth-order valence-corrected chi connectivity index (χ4v) is 3.85. The van der Waals surface area contributed by atoms with Gasteiger partial charge in [0.05, 0.1) is 26.2 Å². The van der Waals surface area contributed by atoms with Gasteiger partial charge in [0, 0.05) is 17.6 Å². The van der Waals surface area contributed by atoms with Crippen LogP contribution < -0.4 is 4.90 Å². The van der Waals surface area contributed by atoms with Crippen LogP contribution in [-0.2, 0) is 30.2 Å². The highest BCUT2D eigenvalue weighted by Gasteiger charge is 2.29. The highest BCUT2D eigenvalue weighted by atomic mass is 32.1. The maximum Gasteiger partial charge on any atom is 0.335 e. The number of thiazole rings is 1. The zero-order chi connectivity index (χ0) is 20.0. The molecule has 0 N–H and O–H groups in total. The summed E-state index contributed by atoms with van der Waals surface area (Å²) in [6.45, 7) is 8.63. The van der Waals surface area contributed by atoms with Crippen molar-refractivity contribution in [2.75, 3.05) is 25.2 Å². The Hall–Kier alpha value is -1.67. The Kier molecular flexibility index (Phi) is 7.61. The summed E-state index contributed by atoms with van der Waals surface area (Å²) in [6.07, 6.45) is 4.28. The van der Waals surface area contributed by atoms with E-state index >= 15 is 0 Å². The Bertz CT molecular complexity index is 640. The van der Waals surface area contributed by atoms with Crippen molar-refractivity contribution >= 4 is 28.4 Å². The highest BCUT2D eigenvalue weighted by Crippen LogP contribution is 2.30. The number of carbonyl (C=O) groups is 2. The third kappa shape index (κ3) is 6.77. The summed E-state index contributed by atoms with van der Waals surface area (Å²) in [7, 11) is 1.40. The van der Waals surface area contributed by atoms with Crippen LogP contribution in [0.5, 0.6) is 0 Å². The Balaban J connectivity index is 1.87. The van der Waals surface area contributed by atoms with Crippen LogP contribution in [0.4, 0.5) is 5.13 Å². The Morgan fingerprint density at radius 2 is 2.15 bits per heavy atom. The fraction of sp³-hybridized carbons (Fsp3) is 0.737. The van der Waals surface area contributed by atoms with Crippen LogP contribution in [0.15, 0.2) is 6.20 Å². The van der Waals surface area contributed by atoms with E-state index in [-0.39, 0.29) is 18.0 Å². The number of hydrogen-bond acceptors (Lipinski definition) is 8. The molecular weight excluding hydrogens is 368 g/mol. The minimum absolute atomic E-state index is 0.189. The molecule has 0 aromatic carbocycles. The van der Waals surface area contributed by atoms with Gasteiger partial charge < -0.3 is 19.1 Å². The second kappa shape index (κ2) is 9.50. The molecule has 0 amide bonds. The number of rotatable bonds is 8. The van der Waals surface area contributed by atoms with Gasteiger partial charge in [0.15, 0.2) is 11.2 Å². The first-order valence-electron chi connectivity index (χ1n) is 9.32. The second-order valence-corrected chi connectivity index (χ2v) is 8.78. The van der Waals surface area contributed by atoms with Crippen LogP contribution in [0.2, 0.25) is 0 Å². The van der Waals surface area contributed by atoms with Crippen molar-refractivity contribution in [2.24, 2.45) is 0 Å². The zero-order valence-electron chi connectivity index (χ0n) is 16.8. The summed E-state index contributed by atoms with van der Waals surface area (Å²) in [4.78, 5) is 31.1. The molecule has 1 saturated heterocycles. The van der Waals surface area contributed by atoms with Crippen molar-refractivity contribution in [3.8, 4) is 0 Å². The molecule has 0 spiro atoms. The minimum atomic E-state index is -0.599. The molecule has 1 aromatic heterocycles. The van der Waals surface area contributed by atoms with E-state index in [0.717, 1.165) is 29.4 Å². The molecule has 1 aromatic rings. The first-order valence-corrected chi connectivity index (χ1v) is 10.1. The van der Waals surface area contributed by atoms with Crippen LogP contribution in [0.1, 0.15) is 51.8 Å². The summed E-state index contributed by atoms with van der Waals surface area (Å²) in [5, 5.41) is 0.936. The lowest BCUT2D eigenvalue weighted by atomic mass is 10.2.